The van der Waals surface area contributed by atoms with E-state index in [-0.39, 0.29) is 25.2 Å². The quantitative estimate of drug-likeness (QED) is 0.0421. The van der Waals surface area contributed by atoms with Crippen LogP contribution in [0.3, 0.4) is 0 Å². The van der Waals surface area contributed by atoms with Crippen molar-refractivity contribution in [2.75, 3.05) is 13.2 Å². The van der Waals surface area contributed by atoms with Gasteiger partial charge >= 0.3 is 11.9 Å². The molecule has 0 saturated carbocycles. The molecule has 0 aromatic heterocycles. The van der Waals surface area contributed by atoms with Gasteiger partial charge in [0.05, 0.1) is 6.61 Å². The lowest BCUT2D eigenvalue weighted by molar-refractivity contribution is -0.161. The van der Waals surface area contributed by atoms with Crippen molar-refractivity contribution in [3.63, 3.8) is 0 Å². The molecule has 0 aliphatic heterocycles. The summed E-state index contributed by atoms with van der Waals surface area (Å²) in [5.74, 6) is -0.588. The van der Waals surface area contributed by atoms with E-state index in [1.54, 1.807) is 0 Å². The largest absolute Gasteiger partial charge is 0.462 e. The summed E-state index contributed by atoms with van der Waals surface area (Å²) in [6, 6.07) is 0. The summed E-state index contributed by atoms with van der Waals surface area (Å²) < 4.78 is 10.6. The van der Waals surface area contributed by atoms with Gasteiger partial charge in [0.2, 0.25) is 0 Å². The van der Waals surface area contributed by atoms with Gasteiger partial charge in [-0.2, -0.15) is 0 Å². The average molecular weight is 637 g/mol. The zero-order valence-electron chi connectivity index (χ0n) is 30.1. The number of rotatable bonds is 36. The molecule has 1 unspecified atom stereocenters. The number of carbonyl (C=O) groups is 2. The molecule has 0 radical (unpaired) electrons. The molecule has 0 spiro atoms. The minimum atomic E-state index is -0.763. The van der Waals surface area contributed by atoms with Crippen molar-refractivity contribution in [3.8, 4) is 0 Å². The summed E-state index contributed by atoms with van der Waals surface area (Å²) in [7, 11) is 0. The van der Waals surface area contributed by atoms with Crippen LogP contribution in [0.1, 0.15) is 213 Å². The Kier molecular flexibility index (Phi) is 36.0. The fourth-order valence-electron chi connectivity index (χ4n) is 5.78. The fourth-order valence-corrected chi connectivity index (χ4v) is 5.78. The maximum Gasteiger partial charge on any atom is 0.306 e. The van der Waals surface area contributed by atoms with Gasteiger partial charge in [-0.25, -0.2) is 0 Å². The molecule has 5 nitrogen and oxygen atoms in total. The maximum absolute atomic E-state index is 12.1. The third-order valence-corrected chi connectivity index (χ3v) is 8.81. The Labute approximate surface area is 280 Å². The van der Waals surface area contributed by atoms with Crippen molar-refractivity contribution < 1.29 is 24.2 Å². The Morgan fingerprint density at radius 3 is 1.20 bits per heavy atom. The van der Waals surface area contributed by atoms with Crippen LogP contribution in [0.2, 0.25) is 0 Å². The van der Waals surface area contributed by atoms with Crippen molar-refractivity contribution in [1.82, 2.24) is 0 Å². The monoisotopic (exact) mass is 637 g/mol. The molecule has 0 aliphatic carbocycles. The number of aliphatic hydroxyl groups excluding tert-OH is 1. The van der Waals surface area contributed by atoms with Crippen LogP contribution in [0.4, 0.5) is 0 Å². The van der Waals surface area contributed by atoms with E-state index < -0.39 is 6.10 Å². The molecule has 0 saturated heterocycles. The third-order valence-electron chi connectivity index (χ3n) is 8.81. The van der Waals surface area contributed by atoms with Gasteiger partial charge in [-0.05, 0) is 38.5 Å². The van der Waals surface area contributed by atoms with E-state index in [2.05, 4.69) is 26.0 Å². The highest BCUT2D eigenvalue weighted by Gasteiger charge is 2.16. The first-order valence-corrected chi connectivity index (χ1v) is 19.7. The van der Waals surface area contributed by atoms with Gasteiger partial charge in [0.1, 0.15) is 6.61 Å². The van der Waals surface area contributed by atoms with Crippen molar-refractivity contribution in [3.05, 3.63) is 12.2 Å². The molecule has 0 aliphatic rings. The predicted octanol–water partition coefficient (Wildman–Crippen LogP) is 12.1. The molecule has 1 atom stereocenters. The molecule has 266 valence electrons. The van der Waals surface area contributed by atoms with Gasteiger partial charge in [0.15, 0.2) is 6.10 Å². The van der Waals surface area contributed by atoms with Crippen LogP contribution in [0.25, 0.3) is 0 Å². The van der Waals surface area contributed by atoms with E-state index in [0.29, 0.717) is 12.8 Å². The van der Waals surface area contributed by atoms with Crippen LogP contribution >= 0.6 is 0 Å². The normalized spacial score (nSPS) is 12.2. The lowest BCUT2D eigenvalue weighted by atomic mass is 10.0. The van der Waals surface area contributed by atoms with E-state index in [0.717, 1.165) is 38.5 Å². The molecule has 5 heteroatoms. The lowest BCUT2D eigenvalue weighted by Gasteiger charge is -2.15. The highest BCUT2D eigenvalue weighted by molar-refractivity contribution is 5.70. The molecule has 0 aromatic rings. The standard InChI is InChI=1S/C40H76O5/c1-3-5-7-9-11-13-14-15-16-17-18-19-20-21-22-23-24-25-26-27-29-31-33-35-40(43)45-38(36-41)37-44-39(42)34-32-30-28-12-10-8-6-4-2/h17-18,38,41H,3-16,19-37H2,1-2H3/b18-17-. The zero-order chi connectivity index (χ0) is 32.9. The minimum absolute atomic E-state index is 0.0610. The number of esters is 2. The van der Waals surface area contributed by atoms with E-state index in [1.165, 1.54) is 148 Å². The number of unbranched alkanes of at least 4 members (excludes halogenated alkanes) is 26. The first-order chi connectivity index (χ1) is 22.1. The number of aliphatic hydroxyl groups is 1. The van der Waals surface area contributed by atoms with Gasteiger partial charge in [-0.3, -0.25) is 9.59 Å². The van der Waals surface area contributed by atoms with Crippen molar-refractivity contribution in [2.45, 2.75) is 219 Å². The molecule has 45 heavy (non-hydrogen) atoms. The highest BCUT2D eigenvalue weighted by atomic mass is 16.6. The molecule has 0 amide bonds. The maximum atomic E-state index is 12.1. The van der Waals surface area contributed by atoms with E-state index in [1.807, 2.05) is 0 Å². The molecular weight excluding hydrogens is 560 g/mol. The second-order valence-electron chi connectivity index (χ2n) is 13.4. The number of carbonyl (C=O) groups excluding carboxylic acids is 2. The molecule has 0 heterocycles. The summed E-state index contributed by atoms with van der Waals surface area (Å²) in [6.45, 7) is 4.11. The highest BCUT2D eigenvalue weighted by Crippen LogP contribution is 2.14. The summed E-state index contributed by atoms with van der Waals surface area (Å²) in [5.41, 5.74) is 0. The van der Waals surface area contributed by atoms with E-state index >= 15 is 0 Å². The number of allylic oxidation sites excluding steroid dienone is 2. The van der Waals surface area contributed by atoms with Gasteiger partial charge in [-0.1, -0.05) is 174 Å². The van der Waals surface area contributed by atoms with Crippen LogP contribution in [0.15, 0.2) is 12.2 Å². The second kappa shape index (κ2) is 37.1. The molecule has 0 fully saturated rings. The minimum Gasteiger partial charge on any atom is -0.462 e. The average Bonchev–Trinajstić information content (AvgIpc) is 3.04. The van der Waals surface area contributed by atoms with E-state index in [9.17, 15) is 14.7 Å². The van der Waals surface area contributed by atoms with Crippen molar-refractivity contribution >= 4 is 11.9 Å². The molecule has 0 aromatic carbocycles. The second-order valence-corrected chi connectivity index (χ2v) is 13.4. The SMILES string of the molecule is CCCCCCCCCC/C=C\CCCCCCCCCCCCCC(=O)OC(CO)COC(=O)CCCCCCCCCC. The Bertz CT molecular complexity index is 647. The zero-order valence-corrected chi connectivity index (χ0v) is 30.1. The van der Waals surface area contributed by atoms with E-state index in [4.69, 9.17) is 9.47 Å². The summed E-state index contributed by atoms with van der Waals surface area (Å²) in [5, 5.41) is 9.51. The predicted molar refractivity (Wildman–Crippen MR) is 192 cm³/mol. The van der Waals surface area contributed by atoms with Gasteiger partial charge in [0.25, 0.3) is 0 Å². The Balaban J connectivity index is 3.45. The molecule has 0 bridgehead atoms. The third kappa shape index (κ3) is 35.3. The first-order valence-electron chi connectivity index (χ1n) is 19.7. The number of ether oxygens (including phenoxy) is 2. The van der Waals surface area contributed by atoms with Crippen LogP contribution in [0, 0.1) is 0 Å². The topological polar surface area (TPSA) is 72.8 Å². The van der Waals surface area contributed by atoms with Crippen LogP contribution in [-0.4, -0.2) is 36.4 Å². The number of hydrogen-bond acceptors (Lipinski definition) is 5. The summed E-state index contributed by atoms with van der Waals surface area (Å²) in [4.78, 5) is 24.1. The van der Waals surface area contributed by atoms with Crippen LogP contribution in [-0.2, 0) is 19.1 Å². The van der Waals surface area contributed by atoms with Crippen molar-refractivity contribution in [2.24, 2.45) is 0 Å². The smallest absolute Gasteiger partial charge is 0.306 e. The number of hydrogen-bond donors (Lipinski definition) is 1. The Morgan fingerprint density at radius 1 is 0.489 bits per heavy atom. The van der Waals surface area contributed by atoms with Gasteiger partial charge < -0.3 is 14.6 Å². The Morgan fingerprint density at radius 2 is 0.822 bits per heavy atom. The summed E-state index contributed by atoms with van der Waals surface area (Å²) >= 11 is 0. The van der Waals surface area contributed by atoms with Crippen LogP contribution in [0.5, 0.6) is 0 Å². The van der Waals surface area contributed by atoms with Crippen LogP contribution < -0.4 is 0 Å². The van der Waals surface area contributed by atoms with Crippen molar-refractivity contribution in [1.29, 1.82) is 0 Å². The summed E-state index contributed by atoms with van der Waals surface area (Å²) in [6.07, 6.45) is 41.5. The molecule has 0 rings (SSSR count). The first kappa shape index (κ1) is 43.6. The Hall–Kier alpha value is -1.36. The lowest BCUT2D eigenvalue weighted by Crippen LogP contribution is -2.28. The van der Waals surface area contributed by atoms with Gasteiger partial charge in [-0.15, -0.1) is 0 Å². The molecular formula is C40H76O5. The fraction of sp³-hybridized carbons (Fsp3) is 0.900. The molecule has 1 N–H and O–H groups in total. The van der Waals surface area contributed by atoms with Gasteiger partial charge in [0, 0.05) is 12.8 Å².